The fourth-order valence-corrected chi connectivity index (χ4v) is 4.40. The van der Waals surface area contributed by atoms with Gasteiger partial charge in [-0.1, -0.05) is 96.2 Å². The number of likely N-dealkylation sites (tertiary alicyclic amines) is 1. The maximum atomic E-state index is 13.6. The van der Waals surface area contributed by atoms with Gasteiger partial charge in [-0.15, -0.1) is 0 Å². The zero-order valence-electron chi connectivity index (χ0n) is 17.8. The first-order valence-corrected chi connectivity index (χ1v) is 11.1. The van der Waals surface area contributed by atoms with Gasteiger partial charge in [0.05, 0.1) is 5.92 Å². The zero-order chi connectivity index (χ0) is 21.8. The molecule has 5 heteroatoms. The molecule has 2 heterocycles. The number of amides is 1. The molecule has 1 amide bonds. The van der Waals surface area contributed by atoms with Gasteiger partial charge in [0.15, 0.2) is 0 Å². The van der Waals surface area contributed by atoms with E-state index in [0.29, 0.717) is 24.8 Å². The Labute approximate surface area is 187 Å². The highest BCUT2D eigenvalue weighted by Crippen LogP contribution is 2.32. The molecule has 0 unspecified atom stereocenters. The summed E-state index contributed by atoms with van der Waals surface area (Å²) in [4.78, 5) is 20.2. The average molecular weight is 424 g/mol. The summed E-state index contributed by atoms with van der Waals surface area (Å²) >= 11 is 0. The molecule has 0 saturated carbocycles. The quantitative estimate of drug-likeness (QED) is 0.438. The Hall–Kier alpha value is -3.73. The Kier molecular flexibility index (Phi) is 5.79. The normalized spacial score (nSPS) is 14.6. The molecule has 0 radical (unpaired) electrons. The first-order chi connectivity index (χ1) is 15.8. The predicted octanol–water partition coefficient (Wildman–Crippen LogP) is 5.27. The lowest BCUT2D eigenvalue weighted by Crippen LogP contribution is -2.41. The Morgan fingerprint density at radius 1 is 0.812 bits per heavy atom. The molecule has 3 aromatic carbocycles. The van der Waals surface area contributed by atoms with Crippen LogP contribution in [0, 0.1) is 0 Å². The van der Waals surface area contributed by atoms with Gasteiger partial charge in [-0.2, -0.15) is 4.98 Å². The van der Waals surface area contributed by atoms with E-state index in [2.05, 4.69) is 10.1 Å². The average Bonchev–Trinajstić information content (AvgIpc) is 3.37. The van der Waals surface area contributed by atoms with Crippen LogP contribution in [0.15, 0.2) is 95.5 Å². The summed E-state index contributed by atoms with van der Waals surface area (Å²) in [6.07, 6.45) is 1.64. The van der Waals surface area contributed by atoms with Crippen LogP contribution in [-0.2, 0) is 4.79 Å². The van der Waals surface area contributed by atoms with Crippen molar-refractivity contribution in [3.05, 3.63) is 108 Å². The van der Waals surface area contributed by atoms with Gasteiger partial charge in [0.1, 0.15) is 0 Å². The van der Waals surface area contributed by atoms with Crippen molar-refractivity contribution in [3.8, 4) is 11.4 Å². The van der Waals surface area contributed by atoms with Gasteiger partial charge in [-0.05, 0) is 24.0 Å². The largest absolute Gasteiger partial charge is 0.342 e. The lowest BCUT2D eigenvalue weighted by Gasteiger charge is -2.33. The minimum absolute atomic E-state index is 0.149. The summed E-state index contributed by atoms with van der Waals surface area (Å²) in [7, 11) is 0. The van der Waals surface area contributed by atoms with Crippen molar-refractivity contribution in [2.75, 3.05) is 13.1 Å². The summed E-state index contributed by atoms with van der Waals surface area (Å²) in [5.41, 5.74) is 2.99. The molecule has 1 saturated heterocycles. The molecule has 1 fully saturated rings. The first-order valence-electron chi connectivity index (χ1n) is 11.1. The fourth-order valence-electron chi connectivity index (χ4n) is 4.40. The van der Waals surface area contributed by atoms with E-state index in [1.807, 2.05) is 95.9 Å². The van der Waals surface area contributed by atoms with Gasteiger partial charge in [-0.25, -0.2) is 0 Å². The Balaban J connectivity index is 1.30. The molecule has 1 aliphatic heterocycles. The molecular weight excluding hydrogens is 398 g/mol. The SMILES string of the molecule is O=C(C(c1ccccc1)c1ccccc1)N1CCC(c2nc(-c3ccccc3)no2)CC1. The van der Waals surface area contributed by atoms with E-state index in [4.69, 9.17) is 4.52 Å². The number of carbonyl (C=O) groups is 1. The number of hydrogen-bond donors (Lipinski definition) is 0. The van der Waals surface area contributed by atoms with E-state index in [1.165, 1.54) is 0 Å². The van der Waals surface area contributed by atoms with Gasteiger partial charge < -0.3 is 9.42 Å². The van der Waals surface area contributed by atoms with Crippen LogP contribution in [0.3, 0.4) is 0 Å². The predicted molar refractivity (Wildman–Crippen MR) is 123 cm³/mol. The number of carbonyl (C=O) groups excluding carboxylic acids is 1. The monoisotopic (exact) mass is 423 g/mol. The van der Waals surface area contributed by atoms with Crippen molar-refractivity contribution in [2.24, 2.45) is 0 Å². The first kappa shape index (κ1) is 20.2. The van der Waals surface area contributed by atoms with E-state index in [-0.39, 0.29) is 17.7 Å². The summed E-state index contributed by atoms with van der Waals surface area (Å²) in [6.45, 7) is 1.37. The van der Waals surface area contributed by atoms with Crippen LogP contribution < -0.4 is 0 Å². The second-order valence-electron chi connectivity index (χ2n) is 8.18. The summed E-state index contributed by atoms with van der Waals surface area (Å²) in [5, 5.41) is 4.16. The Morgan fingerprint density at radius 3 is 1.91 bits per heavy atom. The second-order valence-corrected chi connectivity index (χ2v) is 8.18. The van der Waals surface area contributed by atoms with Gasteiger partial charge in [0.2, 0.25) is 17.6 Å². The Morgan fingerprint density at radius 2 is 1.34 bits per heavy atom. The van der Waals surface area contributed by atoms with E-state index in [1.54, 1.807) is 0 Å². The molecular formula is C27H25N3O2. The van der Waals surface area contributed by atoms with E-state index < -0.39 is 0 Å². The second kappa shape index (κ2) is 9.18. The topological polar surface area (TPSA) is 59.2 Å². The molecule has 5 rings (SSSR count). The number of hydrogen-bond acceptors (Lipinski definition) is 4. The summed E-state index contributed by atoms with van der Waals surface area (Å²) in [5.74, 6) is 1.32. The van der Waals surface area contributed by atoms with Crippen LogP contribution in [0.2, 0.25) is 0 Å². The third-order valence-corrected chi connectivity index (χ3v) is 6.14. The van der Waals surface area contributed by atoms with Crippen LogP contribution in [0.4, 0.5) is 0 Å². The fraction of sp³-hybridized carbons (Fsp3) is 0.222. The van der Waals surface area contributed by atoms with Crippen LogP contribution >= 0.6 is 0 Å². The minimum Gasteiger partial charge on any atom is -0.342 e. The lowest BCUT2D eigenvalue weighted by atomic mass is 9.88. The molecule has 1 aromatic heterocycles. The van der Waals surface area contributed by atoms with Crippen molar-refractivity contribution in [3.63, 3.8) is 0 Å². The highest BCUT2D eigenvalue weighted by Gasteiger charge is 2.32. The van der Waals surface area contributed by atoms with E-state index >= 15 is 0 Å². The number of nitrogens with zero attached hydrogens (tertiary/aromatic N) is 3. The molecule has 0 bridgehead atoms. The molecule has 0 aliphatic carbocycles. The molecule has 1 aliphatic rings. The molecule has 5 nitrogen and oxygen atoms in total. The van der Waals surface area contributed by atoms with Crippen LogP contribution in [0.25, 0.3) is 11.4 Å². The molecule has 0 N–H and O–H groups in total. The maximum Gasteiger partial charge on any atom is 0.234 e. The molecule has 0 spiro atoms. The highest BCUT2D eigenvalue weighted by molar-refractivity contribution is 5.87. The van der Waals surface area contributed by atoms with E-state index in [9.17, 15) is 4.79 Å². The summed E-state index contributed by atoms with van der Waals surface area (Å²) < 4.78 is 5.58. The number of piperidine rings is 1. The van der Waals surface area contributed by atoms with Crippen LogP contribution in [0.5, 0.6) is 0 Å². The van der Waals surface area contributed by atoms with Crippen molar-refractivity contribution < 1.29 is 9.32 Å². The third-order valence-electron chi connectivity index (χ3n) is 6.14. The van der Waals surface area contributed by atoms with Gasteiger partial charge in [0, 0.05) is 24.6 Å². The minimum atomic E-state index is -0.290. The van der Waals surface area contributed by atoms with Gasteiger partial charge in [0.25, 0.3) is 0 Å². The van der Waals surface area contributed by atoms with Gasteiger partial charge in [-0.3, -0.25) is 4.79 Å². The van der Waals surface area contributed by atoms with Crippen molar-refractivity contribution >= 4 is 5.91 Å². The number of benzene rings is 3. The van der Waals surface area contributed by atoms with Crippen molar-refractivity contribution in [1.29, 1.82) is 0 Å². The van der Waals surface area contributed by atoms with Crippen LogP contribution in [0.1, 0.15) is 41.7 Å². The lowest BCUT2D eigenvalue weighted by molar-refractivity contribution is -0.133. The molecule has 0 atom stereocenters. The van der Waals surface area contributed by atoms with Crippen molar-refractivity contribution in [1.82, 2.24) is 15.0 Å². The highest BCUT2D eigenvalue weighted by atomic mass is 16.5. The molecule has 32 heavy (non-hydrogen) atoms. The molecule has 160 valence electrons. The maximum absolute atomic E-state index is 13.6. The zero-order valence-corrected chi connectivity index (χ0v) is 17.8. The standard InChI is InChI=1S/C27H25N3O2/c31-27(24(20-10-4-1-5-11-20)21-12-6-2-7-13-21)30-18-16-23(17-19-30)26-28-25(29-32-26)22-14-8-3-9-15-22/h1-15,23-24H,16-19H2. The molecule has 4 aromatic rings. The van der Waals surface area contributed by atoms with Crippen molar-refractivity contribution in [2.45, 2.75) is 24.7 Å². The Bertz CT molecular complexity index is 1110. The van der Waals surface area contributed by atoms with E-state index in [0.717, 1.165) is 29.5 Å². The smallest absolute Gasteiger partial charge is 0.234 e. The third kappa shape index (κ3) is 4.19. The van der Waals surface area contributed by atoms with Gasteiger partial charge >= 0.3 is 0 Å². The van der Waals surface area contributed by atoms with Crippen LogP contribution in [-0.4, -0.2) is 34.0 Å². The number of aromatic nitrogens is 2. The summed E-state index contributed by atoms with van der Waals surface area (Å²) in [6, 6.07) is 29.9. The number of rotatable bonds is 5.